The second-order valence-electron chi connectivity index (χ2n) is 4.94. The predicted octanol–water partition coefficient (Wildman–Crippen LogP) is 1.52. The summed E-state index contributed by atoms with van der Waals surface area (Å²) in [5.74, 6) is -0.0950. The molecule has 2 aliphatic heterocycles. The summed E-state index contributed by atoms with van der Waals surface area (Å²) >= 11 is 0. The van der Waals surface area contributed by atoms with Crippen LogP contribution in [0.1, 0.15) is 33.1 Å². The molecule has 0 aromatic rings. The van der Waals surface area contributed by atoms with E-state index in [1.54, 1.807) is 0 Å². The molecule has 2 atom stereocenters. The second kappa shape index (κ2) is 4.00. The smallest absolute Gasteiger partial charge is 0.341 e. The number of rotatable bonds is 2. The van der Waals surface area contributed by atoms with Crippen molar-refractivity contribution in [3.05, 3.63) is 0 Å². The highest BCUT2D eigenvalue weighted by molar-refractivity contribution is 5.85. The van der Waals surface area contributed by atoms with Crippen LogP contribution in [0, 0.1) is 5.92 Å². The van der Waals surface area contributed by atoms with Crippen molar-refractivity contribution < 1.29 is 19.0 Å². The third-order valence-electron chi connectivity index (χ3n) is 3.81. The number of hydrogen-bond acceptors (Lipinski definition) is 4. The van der Waals surface area contributed by atoms with Gasteiger partial charge in [0.05, 0.1) is 7.11 Å². The molecule has 2 heterocycles. The molecule has 0 saturated carbocycles. The van der Waals surface area contributed by atoms with Gasteiger partial charge in [0.25, 0.3) is 0 Å². The quantitative estimate of drug-likeness (QED) is 0.531. The molecule has 0 radical (unpaired) electrons. The van der Waals surface area contributed by atoms with Gasteiger partial charge in [0.1, 0.15) is 5.60 Å². The van der Waals surface area contributed by atoms with Gasteiger partial charge in [0.2, 0.25) is 0 Å². The van der Waals surface area contributed by atoms with Gasteiger partial charge in [-0.3, -0.25) is 0 Å². The van der Waals surface area contributed by atoms with Crippen molar-refractivity contribution in [2.24, 2.45) is 5.92 Å². The molecule has 0 amide bonds. The molecule has 2 rings (SSSR count). The van der Waals surface area contributed by atoms with Crippen LogP contribution in [-0.4, -0.2) is 37.5 Å². The van der Waals surface area contributed by atoms with E-state index in [-0.39, 0.29) is 17.5 Å². The average molecular weight is 228 g/mol. The third kappa shape index (κ3) is 1.47. The molecule has 0 aliphatic carbocycles. The molecule has 1 spiro atoms. The van der Waals surface area contributed by atoms with Crippen molar-refractivity contribution in [1.29, 1.82) is 0 Å². The first-order chi connectivity index (χ1) is 7.59. The van der Waals surface area contributed by atoms with Crippen molar-refractivity contribution in [2.75, 3.05) is 20.3 Å². The van der Waals surface area contributed by atoms with Crippen LogP contribution in [0.2, 0.25) is 0 Å². The maximum Gasteiger partial charge on any atom is 0.341 e. The van der Waals surface area contributed by atoms with E-state index >= 15 is 0 Å². The molecule has 2 unspecified atom stereocenters. The number of epoxide rings is 1. The van der Waals surface area contributed by atoms with Crippen LogP contribution in [0.25, 0.3) is 0 Å². The first kappa shape index (κ1) is 11.9. The molecule has 2 saturated heterocycles. The summed E-state index contributed by atoms with van der Waals surface area (Å²) in [7, 11) is 1.43. The highest BCUT2D eigenvalue weighted by Crippen LogP contribution is 2.58. The fourth-order valence-electron chi connectivity index (χ4n) is 2.94. The Labute approximate surface area is 96.2 Å². The molecule has 0 aromatic carbocycles. The lowest BCUT2D eigenvalue weighted by Gasteiger charge is -2.19. The van der Waals surface area contributed by atoms with Gasteiger partial charge < -0.3 is 14.2 Å². The summed E-state index contributed by atoms with van der Waals surface area (Å²) in [6, 6.07) is 0. The second-order valence-corrected chi connectivity index (χ2v) is 4.94. The van der Waals surface area contributed by atoms with E-state index in [1.807, 2.05) is 13.8 Å². The SMILES string of the molecule is COC(=O)C1(C(C)C)OC12CCCOCC2. The Morgan fingerprint density at radius 3 is 2.69 bits per heavy atom. The van der Waals surface area contributed by atoms with Crippen LogP contribution in [0.5, 0.6) is 0 Å². The zero-order valence-electron chi connectivity index (χ0n) is 10.2. The molecule has 4 nitrogen and oxygen atoms in total. The molecule has 0 N–H and O–H groups in total. The highest BCUT2D eigenvalue weighted by Gasteiger charge is 2.75. The summed E-state index contributed by atoms with van der Waals surface area (Å²) in [5.41, 5.74) is -1.06. The van der Waals surface area contributed by atoms with Gasteiger partial charge in [-0.25, -0.2) is 4.79 Å². The Bertz CT molecular complexity index is 279. The van der Waals surface area contributed by atoms with Crippen molar-refractivity contribution in [2.45, 2.75) is 44.3 Å². The monoisotopic (exact) mass is 228 g/mol. The Hall–Kier alpha value is -0.610. The predicted molar refractivity (Wildman–Crippen MR) is 58.1 cm³/mol. The molecule has 4 heteroatoms. The minimum Gasteiger partial charge on any atom is -0.467 e. The van der Waals surface area contributed by atoms with Crippen molar-refractivity contribution in [1.82, 2.24) is 0 Å². The number of esters is 1. The van der Waals surface area contributed by atoms with Gasteiger partial charge in [-0.2, -0.15) is 0 Å². The lowest BCUT2D eigenvalue weighted by Crippen LogP contribution is -2.40. The summed E-state index contributed by atoms with van der Waals surface area (Å²) in [5, 5.41) is 0. The molecule has 0 aromatic heterocycles. The Morgan fingerprint density at radius 2 is 2.06 bits per heavy atom. The molecular formula is C12H20O4. The number of carbonyl (C=O) groups excluding carboxylic acids is 1. The van der Waals surface area contributed by atoms with Crippen LogP contribution in [0.3, 0.4) is 0 Å². The molecule has 16 heavy (non-hydrogen) atoms. The van der Waals surface area contributed by atoms with Gasteiger partial charge in [0, 0.05) is 19.6 Å². The van der Waals surface area contributed by atoms with E-state index in [0.29, 0.717) is 6.61 Å². The number of ether oxygens (including phenoxy) is 3. The number of hydrogen-bond donors (Lipinski definition) is 0. The summed E-state index contributed by atoms with van der Waals surface area (Å²) in [6.45, 7) is 5.46. The van der Waals surface area contributed by atoms with Crippen molar-refractivity contribution >= 4 is 5.97 Å². The maximum absolute atomic E-state index is 11.9. The zero-order chi connectivity index (χ0) is 11.8. The van der Waals surface area contributed by atoms with E-state index in [9.17, 15) is 4.79 Å². The first-order valence-corrected chi connectivity index (χ1v) is 5.95. The van der Waals surface area contributed by atoms with E-state index in [2.05, 4.69) is 0 Å². The summed E-state index contributed by atoms with van der Waals surface area (Å²) < 4.78 is 16.2. The maximum atomic E-state index is 11.9. The lowest BCUT2D eigenvalue weighted by atomic mass is 9.79. The third-order valence-corrected chi connectivity index (χ3v) is 3.81. The van der Waals surface area contributed by atoms with E-state index in [1.165, 1.54) is 7.11 Å². The largest absolute Gasteiger partial charge is 0.467 e. The van der Waals surface area contributed by atoms with Crippen LogP contribution < -0.4 is 0 Å². The van der Waals surface area contributed by atoms with Crippen LogP contribution in [0.15, 0.2) is 0 Å². The number of methoxy groups -OCH3 is 1. The Morgan fingerprint density at radius 1 is 1.31 bits per heavy atom. The van der Waals surface area contributed by atoms with Crippen LogP contribution in [-0.2, 0) is 19.0 Å². The van der Waals surface area contributed by atoms with Crippen molar-refractivity contribution in [3.63, 3.8) is 0 Å². The van der Waals surface area contributed by atoms with E-state index < -0.39 is 5.60 Å². The number of carbonyl (C=O) groups is 1. The van der Waals surface area contributed by atoms with Gasteiger partial charge in [0.15, 0.2) is 5.60 Å². The van der Waals surface area contributed by atoms with Gasteiger partial charge in [-0.15, -0.1) is 0 Å². The summed E-state index contributed by atoms with van der Waals surface area (Å²) in [6.07, 6.45) is 2.63. The standard InChI is InChI=1S/C12H20O4/c1-9(2)12(10(13)14-3)11(16-12)5-4-7-15-8-6-11/h9H,4-8H2,1-3H3. The lowest BCUT2D eigenvalue weighted by molar-refractivity contribution is -0.148. The van der Waals surface area contributed by atoms with Crippen LogP contribution in [0.4, 0.5) is 0 Å². The Balaban J connectivity index is 2.21. The normalized spacial score (nSPS) is 38.5. The van der Waals surface area contributed by atoms with E-state index in [4.69, 9.17) is 14.2 Å². The van der Waals surface area contributed by atoms with E-state index in [0.717, 1.165) is 25.9 Å². The summed E-state index contributed by atoms with van der Waals surface area (Å²) in [4.78, 5) is 11.9. The Kier molecular flexibility index (Phi) is 2.97. The zero-order valence-corrected chi connectivity index (χ0v) is 10.2. The molecule has 2 fully saturated rings. The molecule has 0 bridgehead atoms. The molecule has 2 aliphatic rings. The fourth-order valence-corrected chi connectivity index (χ4v) is 2.94. The minimum atomic E-state index is -0.727. The van der Waals surface area contributed by atoms with Crippen molar-refractivity contribution in [3.8, 4) is 0 Å². The molecule has 92 valence electrons. The molecular weight excluding hydrogens is 208 g/mol. The van der Waals surface area contributed by atoms with Gasteiger partial charge in [-0.05, 0) is 18.8 Å². The highest BCUT2D eigenvalue weighted by atomic mass is 16.7. The topological polar surface area (TPSA) is 48.1 Å². The fraction of sp³-hybridized carbons (Fsp3) is 0.917. The van der Waals surface area contributed by atoms with Gasteiger partial charge >= 0.3 is 5.97 Å². The van der Waals surface area contributed by atoms with Gasteiger partial charge in [-0.1, -0.05) is 13.8 Å². The average Bonchev–Trinajstić information content (AvgIpc) is 2.98. The van der Waals surface area contributed by atoms with Crippen LogP contribution >= 0.6 is 0 Å². The first-order valence-electron chi connectivity index (χ1n) is 5.95. The minimum absolute atomic E-state index is 0.137.